The van der Waals surface area contributed by atoms with Crippen molar-refractivity contribution in [3.05, 3.63) is 62.7 Å². The summed E-state index contributed by atoms with van der Waals surface area (Å²) < 4.78 is 48.3. The fraction of sp³-hybridized carbons (Fsp3) is 0.188. The van der Waals surface area contributed by atoms with Crippen LogP contribution in [0.4, 0.5) is 18.9 Å². The van der Waals surface area contributed by atoms with Gasteiger partial charge in [0.1, 0.15) is 17.2 Å². The third-order valence-corrected chi connectivity index (χ3v) is 3.66. The molecule has 27 heavy (non-hydrogen) atoms. The Morgan fingerprint density at radius 3 is 2.52 bits per heavy atom. The number of rotatable bonds is 6. The summed E-state index contributed by atoms with van der Waals surface area (Å²) in [5, 5.41) is 22.9. The lowest BCUT2D eigenvalue weighted by Crippen LogP contribution is -2.11. The minimum atomic E-state index is -4.56. The van der Waals surface area contributed by atoms with Crippen LogP contribution in [0.5, 0.6) is 11.5 Å². The van der Waals surface area contributed by atoms with Crippen LogP contribution in [0, 0.1) is 10.1 Å². The summed E-state index contributed by atoms with van der Waals surface area (Å²) in [6.07, 6.45) is -4.56. The molecule has 11 heteroatoms. The van der Waals surface area contributed by atoms with Gasteiger partial charge >= 0.3 is 6.18 Å². The Kier molecular flexibility index (Phi) is 6.24. The number of benzene rings is 2. The molecule has 0 atom stereocenters. The number of hydrogen-bond acceptors (Lipinski definition) is 6. The molecule has 2 rings (SSSR count). The Labute approximate surface area is 155 Å². The molecule has 0 spiro atoms. The molecule has 0 amide bonds. The van der Waals surface area contributed by atoms with Gasteiger partial charge in [-0.15, -0.1) is 0 Å². The zero-order chi connectivity index (χ0) is 20.2. The second-order valence-corrected chi connectivity index (χ2v) is 5.57. The number of halogens is 4. The fourth-order valence-corrected chi connectivity index (χ4v) is 2.37. The maximum atomic E-state index is 12.7. The quantitative estimate of drug-likeness (QED) is 0.320. The monoisotopic (exact) mass is 404 g/mol. The Morgan fingerprint density at radius 1 is 1.30 bits per heavy atom. The predicted octanol–water partition coefficient (Wildman–Crippen LogP) is 4.88. The summed E-state index contributed by atoms with van der Waals surface area (Å²) in [6, 6.07) is 6.05. The Balaban J connectivity index is 2.41. The zero-order valence-electron chi connectivity index (χ0n) is 13.7. The van der Waals surface area contributed by atoms with E-state index in [9.17, 15) is 23.3 Å². The second-order valence-electron chi connectivity index (χ2n) is 5.16. The molecule has 0 aliphatic rings. The van der Waals surface area contributed by atoms with Gasteiger partial charge in [0.25, 0.3) is 5.69 Å². The average Bonchev–Trinajstić information content (AvgIpc) is 2.60. The number of nitrogens with zero attached hydrogens (tertiary/aromatic N) is 2. The van der Waals surface area contributed by atoms with Gasteiger partial charge in [-0.25, -0.2) is 0 Å². The Bertz CT molecular complexity index is 887. The first-order valence-electron chi connectivity index (χ1n) is 7.20. The van der Waals surface area contributed by atoms with Gasteiger partial charge in [-0.1, -0.05) is 16.8 Å². The standard InChI is InChI=1S/C16H12ClF3N2O5/c1-26-8-13(21-23)11-7-10(3-4-14(11)22(24)25)27-15-5-2-9(6-12(15)17)16(18,19)20/h2-7,23H,8H2,1H3. The SMILES string of the molecule is COCC(=NO)c1cc(Oc2ccc(C(F)(F)F)cc2Cl)ccc1[N+](=O)[O-]. The number of ether oxygens (including phenoxy) is 2. The average molecular weight is 405 g/mol. The first-order chi connectivity index (χ1) is 12.7. The Morgan fingerprint density at radius 2 is 2.00 bits per heavy atom. The van der Waals surface area contributed by atoms with Crippen molar-refractivity contribution in [2.24, 2.45) is 5.16 Å². The number of nitro benzene ring substituents is 1. The van der Waals surface area contributed by atoms with Crippen LogP contribution in [-0.4, -0.2) is 29.6 Å². The lowest BCUT2D eigenvalue weighted by Gasteiger charge is -2.12. The van der Waals surface area contributed by atoms with Crippen molar-refractivity contribution in [2.75, 3.05) is 13.7 Å². The van der Waals surface area contributed by atoms with E-state index in [-0.39, 0.29) is 40.1 Å². The lowest BCUT2D eigenvalue weighted by atomic mass is 10.1. The molecule has 0 radical (unpaired) electrons. The molecule has 2 aromatic rings. The third-order valence-electron chi connectivity index (χ3n) is 3.36. The van der Waals surface area contributed by atoms with Gasteiger partial charge in [-0.05, 0) is 30.3 Å². The molecule has 144 valence electrons. The normalized spacial score (nSPS) is 12.1. The van der Waals surface area contributed by atoms with Gasteiger partial charge in [-0.2, -0.15) is 13.2 Å². The summed E-state index contributed by atoms with van der Waals surface area (Å²) in [6.45, 7) is -0.220. The van der Waals surface area contributed by atoms with Crippen LogP contribution >= 0.6 is 11.6 Å². The summed E-state index contributed by atoms with van der Waals surface area (Å²) >= 11 is 5.83. The zero-order valence-corrected chi connectivity index (χ0v) is 14.4. The van der Waals surface area contributed by atoms with Gasteiger partial charge in [0, 0.05) is 13.2 Å². The van der Waals surface area contributed by atoms with Crippen LogP contribution in [-0.2, 0) is 10.9 Å². The first-order valence-corrected chi connectivity index (χ1v) is 7.58. The molecule has 0 aliphatic heterocycles. The van der Waals surface area contributed by atoms with E-state index in [0.29, 0.717) is 6.07 Å². The van der Waals surface area contributed by atoms with Crippen molar-refractivity contribution in [3.63, 3.8) is 0 Å². The van der Waals surface area contributed by atoms with E-state index in [0.717, 1.165) is 18.2 Å². The van der Waals surface area contributed by atoms with Crippen LogP contribution < -0.4 is 4.74 Å². The minimum absolute atomic E-state index is 0.0366. The molecule has 0 aliphatic carbocycles. The summed E-state index contributed by atoms with van der Waals surface area (Å²) in [5.74, 6) is -0.0480. The maximum Gasteiger partial charge on any atom is 0.416 e. The van der Waals surface area contributed by atoms with E-state index in [1.165, 1.54) is 19.2 Å². The minimum Gasteiger partial charge on any atom is -0.456 e. The summed E-state index contributed by atoms with van der Waals surface area (Å²) in [5.41, 5.74) is -1.53. The van der Waals surface area contributed by atoms with Crippen LogP contribution in [0.3, 0.4) is 0 Å². The van der Waals surface area contributed by atoms with E-state index in [2.05, 4.69) is 5.16 Å². The van der Waals surface area contributed by atoms with E-state index in [1.807, 2.05) is 0 Å². The molecule has 0 unspecified atom stereocenters. The van der Waals surface area contributed by atoms with E-state index < -0.39 is 16.7 Å². The molecule has 0 heterocycles. The van der Waals surface area contributed by atoms with Gasteiger partial charge in [0.2, 0.25) is 0 Å². The molecule has 0 fully saturated rings. The molecule has 0 saturated carbocycles. The topological polar surface area (TPSA) is 94.2 Å². The molecular formula is C16H12ClF3N2O5. The van der Waals surface area contributed by atoms with Crippen molar-refractivity contribution in [2.45, 2.75) is 6.18 Å². The highest BCUT2D eigenvalue weighted by molar-refractivity contribution is 6.32. The highest BCUT2D eigenvalue weighted by atomic mass is 35.5. The fourth-order valence-electron chi connectivity index (χ4n) is 2.15. The Hall–Kier alpha value is -2.85. The van der Waals surface area contributed by atoms with Gasteiger partial charge in [0.15, 0.2) is 0 Å². The maximum absolute atomic E-state index is 12.7. The number of alkyl halides is 3. The molecule has 0 aromatic heterocycles. The predicted molar refractivity (Wildman–Crippen MR) is 89.8 cm³/mol. The molecule has 1 N–H and O–H groups in total. The molecule has 0 bridgehead atoms. The van der Waals surface area contributed by atoms with Crippen molar-refractivity contribution in [1.29, 1.82) is 0 Å². The highest BCUT2D eigenvalue weighted by Crippen LogP contribution is 2.37. The number of nitro groups is 1. The largest absolute Gasteiger partial charge is 0.456 e. The van der Waals surface area contributed by atoms with Gasteiger partial charge < -0.3 is 14.7 Å². The summed E-state index contributed by atoms with van der Waals surface area (Å²) in [7, 11) is 1.30. The smallest absolute Gasteiger partial charge is 0.416 e. The number of oxime groups is 1. The highest BCUT2D eigenvalue weighted by Gasteiger charge is 2.31. The van der Waals surface area contributed by atoms with Crippen LogP contribution in [0.2, 0.25) is 5.02 Å². The molecule has 0 saturated heterocycles. The van der Waals surface area contributed by atoms with Crippen molar-refractivity contribution < 1.29 is 32.8 Å². The second kappa shape index (κ2) is 8.23. The van der Waals surface area contributed by atoms with Gasteiger partial charge in [-0.3, -0.25) is 10.1 Å². The van der Waals surface area contributed by atoms with E-state index >= 15 is 0 Å². The van der Waals surface area contributed by atoms with Crippen LogP contribution in [0.25, 0.3) is 0 Å². The van der Waals surface area contributed by atoms with Crippen molar-refractivity contribution in [1.82, 2.24) is 0 Å². The lowest BCUT2D eigenvalue weighted by molar-refractivity contribution is -0.385. The van der Waals surface area contributed by atoms with E-state index in [4.69, 9.17) is 26.3 Å². The molecule has 7 nitrogen and oxygen atoms in total. The number of hydrogen-bond donors (Lipinski definition) is 1. The number of methoxy groups -OCH3 is 1. The molecule has 2 aromatic carbocycles. The van der Waals surface area contributed by atoms with Crippen molar-refractivity contribution in [3.8, 4) is 11.5 Å². The summed E-state index contributed by atoms with van der Waals surface area (Å²) in [4.78, 5) is 10.5. The van der Waals surface area contributed by atoms with Crippen molar-refractivity contribution >= 4 is 23.0 Å². The van der Waals surface area contributed by atoms with Gasteiger partial charge in [0.05, 0.1) is 27.7 Å². The molecular weight excluding hydrogens is 393 g/mol. The van der Waals surface area contributed by atoms with Crippen LogP contribution in [0.1, 0.15) is 11.1 Å². The third kappa shape index (κ3) is 4.86. The first kappa shape index (κ1) is 20.5. The van der Waals surface area contributed by atoms with Crippen LogP contribution in [0.15, 0.2) is 41.6 Å². The van der Waals surface area contributed by atoms with E-state index in [1.54, 1.807) is 0 Å².